The maximum Gasteiger partial charge on any atom is 0.387 e. The fourth-order valence-electron chi connectivity index (χ4n) is 2.99. The molecule has 1 unspecified atom stereocenters. The van der Waals surface area contributed by atoms with Crippen molar-refractivity contribution in [3.63, 3.8) is 0 Å². The number of alkyl halides is 2. The van der Waals surface area contributed by atoms with Crippen LogP contribution in [0.2, 0.25) is 0 Å². The van der Waals surface area contributed by atoms with E-state index >= 15 is 0 Å². The molecule has 1 heterocycles. The maximum absolute atomic E-state index is 12.7. The van der Waals surface area contributed by atoms with Gasteiger partial charge in [-0.05, 0) is 57.2 Å². The first-order chi connectivity index (χ1) is 14.7. The Labute approximate surface area is 179 Å². The highest BCUT2D eigenvalue weighted by molar-refractivity contribution is 7.89. The van der Waals surface area contributed by atoms with Gasteiger partial charge in [0.25, 0.3) is 0 Å². The van der Waals surface area contributed by atoms with Gasteiger partial charge < -0.3 is 9.47 Å². The van der Waals surface area contributed by atoms with E-state index < -0.39 is 22.7 Å². The predicted octanol–water partition coefficient (Wildman–Crippen LogP) is 4.64. The summed E-state index contributed by atoms with van der Waals surface area (Å²) in [6.45, 7) is 3.09. The van der Waals surface area contributed by atoms with Gasteiger partial charge in [-0.3, -0.25) is 4.57 Å². The lowest BCUT2D eigenvalue weighted by Gasteiger charge is -2.17. The quantitative estimate of drug-likeness (QED) is 0.512. The van der Waals surface area contributed by atoms with Crippen molar-refractivity contribution in [1.82, 2.24) is 14.3 Å². The van der Waals surface area contributed by atoms with Crippen LogP contribution in [0.3, 0.4) is 0 Å². The molecule has 2 aromatic carbocycles. The zero-order valence-corrected chi connectivity index (χ0v) is 18.1. The topological polar surface area (TPSA) is 82.5 Å². The largest absolute Gasteiger partial charge is 0.435 e. The molecule has 0 bridgehead atoms. The number of nitrogens with zero attached hydrogens (tertiary/aromatic N) is 2. The van der Waals surface area contributed by atoms with Crippen molar-refractivity contribution in [1.29, 1.82) is 0 Å². The SMILES string of the molecule is CCn1c(C(C)NS(=O)(=O)c2ccc(OC(F)F)cc2)cnc1Oc1ccc(C)cc1. The summed E-state index contributed by atoms with van der Waals surface area (Å²) in [6.07, 6.45) is 1.56. The van der Waals surface area contributed by atoms with Gasteiger partial charge in [-0.25, -0.2) is 18.1 Å². The lowest BCUT2D eigenvalue weighted by atomic mass is 10.2. The molecule has 0 radical (unpaired) electrons. The normalized spacial score (nSPS) is 12.7. The van der Waals surface area contributed by atoms with E-state index in [2.05, 4.69) is 14.4 Å². The number of nitrogens with one attached hydrogen (secondary N) is 1. The van der Waals surface area contributed by atoms with Crippen LogP contribution in [-0.4, -0.2) is 24.6 Å². The molecule has 1 aromatic heterocycles. The smallest absolute Gasteiger partial charge is 0.387 e. The second kappa shape index (κ2) is 9.44. The van der Waals surface area contributed by atoms with Gasteiger partial charge in [0.05, 0.1) is 22.8 Å². The van der Waals surface area contributed by atoms with E-state index in [0.717, 1.165) is 5.56 Å². The van der Waals surface area contributed by atoms with Crippen LogP contribution in [0.1, 0.15) is 31.1 Å². The van der Waals surface area contributed by atoms with Crippen molar-refractivity contribution in [2.24, 2.45) is 0 Å². The summed E-state index contributed by atoms with van der Waals surface area (Å²) in [5.41, 5.74) is 1.72. The molecule has 0 saturated heterocycles. The van der Waals surface area contributed by atoms with Crippen molar-refractivity contribution in [3.8, 4) is 17.5 Å². The van der Waals surface area contributed by atoms with E-state index in [1.165, 1.54) is 24.3 Å². The molecule has 10 heteroatoms. The molecular weight excluding hydrogens is 428 g/mol. The monoisotopic (exact) mass is 451 g/mol. The molecule has 3 rings (SSSR count). The Balaban J connectivity index is 1.77. The number of imidazole rings is 1. The number of hydrogen-bond acceptors (Lipinski definition) is 5. The second-order valence-electron chi connectivity index (χ2n) is 6.82. The fourth-order valence-corrected chi connectivity index (χ4v) is 4.21. The number of aryl methyl sites for hydroxylation is 1. The second-order valence-corrected chi connectivity index (χ2v) is 8.53. The Morgan fingerprint density at radius 2 is 1.68 bits per heavy atom. The van der Waals surface area contributed by atoms with Gasteiger partial charge in [-0.15, -0.1) is 0 Å². The van der Waals surface area contributed by atoms with Crippen molar-refractivity contribution in [3.05, 3.63) is 66.0 Å². The molecule has 0 amide bonds. The highest BCUT2D eigenvalue weighted by Gasteiger charge is 2.23. The van der Waals surface area contributed by atoms with Crippen molar-refractivity contribution in [2.75, 3.05) is 0 Å². The Morgan fingerprint density at radius 1 is 1.06 bits per heavy atom. The molecule has 0 fully saturated rings. The number of aromatic nitrogens is 2. The molecule has 7 nitrogen and oxygen atoms in total. The van der Waals surface area contributed by atoms with E-state index in [-0.39, 0.29) is 10.6 Å². The highest BCUT2D eigenvalue weighted by atomic mass is 32.2. The molecule has 0 aliphatic rings. The van der Waals surface area contributed by atoms with Gasteiger partial charge in [0.15, 0.2) is 0 Å². The minimum absolute atomic E-state index is 0.0698. The Bertz CT molecular complexity index is 1110. The molecular formula is C21H23F2N3O4S. The molecule has 3 aromatic rings. The number of benzene rings is 2. The number of halogens is 2. The average molecular weight is 451 g/mol. The van der Waals surface area contributed by atoms with Crippen LogP contribution in [0.15, 0.2) is 59.6 Å². The van der Waals surface area contributed by atoms with Gasteiger partial charge in [0, 0.05) is 6.54 Å². The van der Waals surface area contributed by atoms with Gasteiger partial charge in [-0.1, -0.05) is 17.7 Å². The number of hydrogen-bond donors (Lipinski definition) is 1. The maximum atomic E-state index is 12.7. The van der Waals surface area contributed by atoms with Crippen LogP contribution in [0.5, 0.6) is 17.5 Å². The molecule has 0 saturated carbocycles. The van der Waals surface area contributed by atoms with E-state index in [0.29, 0.717) is 24.0 Å². The van der Waals surface area contributed by atoms with Gasteiger partial charge >= 0.3 is 12.6 Å². The van der Waals surface area contributed by atoms with E-state index in [9.17, 15) is 17.2 Å². The zero-order chi connectivity index (χ0) is 22.6. The third-order valence-corrected chi connectivity index (χ3v) is 6.09. The van der Waals surface area contributed by atoms with E-state index in [1.54, 1.807) is 17.7 Å². The van der Waals surface area contributed by atoms with E-state index in [4.69, 9.17) is 4.74 Å². The minimum Gasteiger partial charge on any atom is -0.435 e. The summed E-state index contributed by atoms with van der Waals surface area (Å²) >= 11 is 0. The molecule has 1 N–H and O–H groups in total. The summed E-state index contributed by atoms with van der Waals surface area (Å²) in [6, 6.07) is 12.0. The van der Waals surface area contributed by atoms with Gasteiger partial charge in [0.2, 0.25) is 10.0 Å². The fraction of sp³-hybridized carbons (Fsp3) is 0.286. The summed E-state index contributed by atoms with van der Waals surface area (Å²) < 4.78 is 64.4. The van der Waals surface area contributed by atoms with Crippen molar-refractivity contribution in [2.45, 2.75) is 44.9 Å². The number of rotatable bonds is 9. The lowest BCUT2D eigenvalue weighted by Crippen LogP contribution is -2.28. The summed E-state index contributed by atoms with van der Waals surface area (Å²) in [4.78, 5) is 4.22. The Kier molecular flexibility index (Phi) is 6.91. The van der Waals surface area contributed by atoms with Crippen LogP contribution in [-0.2, 0) is 16.6 Å². The van der Waals surface area contributed by atoms with Gasteiger partial charge in [0.1, 0.15) is 11.5 Å². The molecule has 1 atom stereocenters. The molecule has 31 heavy (non-hydrogen) atoms. The van der Waals surface area contributed by atoms with Crippen molar-refractivity contribution < 1.29 is 26.7 Å². The predicted molar refractivity (Wildman–Crippen MR) is 111 cm³/mol. The molecule has 0 aliphatic carbocycles. The first-order valence-electron chi connectivity index (χ1n) is 9.56. The summed E-state index contributed by atoms with van der Waals surface area (Å²) in [5, 5.41) is 0. The van der Waals surface area contributed by atoms with Crippen molar-refractivity contribution >= 4 is 10.0 Å². The van der Waals surface area contributed by atoms with E-state index in [1.807, 2.05) is 38.1 Å². The molecule has 166 valence electrons. The van der Waals surface area contributed by atoms with Crippen LogP contribution >= 0.6 is 0 Å². The zero-order valence-electron chi connectivity index (χ0n) is 17.2. The molecule has 0 aliphatic heterocycles. The van der Waals surface area contributed by atoms with Crippen LogP contribution in [0.25, 0.3) is 0 Å². The van der Waals surface area contributed by atoms with Gasteiger partial charge in [-0.2, -0.15) is 8.78 Å². The lowest BCUT2D eigenvalue weighted by molar-refractivity contribution is -0.0498. The number of sulfonamides is 1. The third-order valence-electron chi connectivity index (χ3n) is 4.53. The number of ether oxygens (including phenoxy) is 2. The first-order valence-corrected chi connectivity index (χ1v) is 11.0. The Hall–Kier alpha value is -2.98. The first kappa shape index (κ1) is 22.7. The third kappa shape index (κ3) is 5.59. The van der Waals surface area contributed by atoms with Crippen LogP contribution in [0.4, 0.5) is 8.78 Å². The summed E-state index contributed by atoms with van der Waals surface area (Å²) in [7, 11) is -3.91. The molecule has 0 spiro atoms. The standard InChI is InChI=1S/C21H23F2N3O4S/c1-4-26-19(13-24-21(26)30-17-7-5-14(2)6-8-17)15(3)25-31(27,28)18-11-9-16(10-12-18)29-20(22)23/h5-13,15,20,25H,4H2,1-3H3. The minimum atomic E-state index is -3.91. The van der Waals surface area contributed by atoms with Crippen LogP contribution < -0.4 is 14.2 Å². The summed E-state index contributed by atoms with van der Waals surface area (Å²) in [5.74, 6) is 0.501. The van der Waals surface area contributed by atoms with Crippen LogP contribution in [0, 0.1) is 6.92 Å². The Morgan fingerprint density at radius 3 is 2.26 bits per heavy atom. The highest BCUT2D eigenvalue weighted by Crippen LogP contribution is 2.26. The average Bonchev–Trinajstić information content (AvgIpc) is 3.12.